The molecule has 2 aromatic rings. The van der Waals surface area contributed by atoms with Crippen LogP contribution in [-0.2, 0) is 0 Å². The van der Waals surface area contributed by atoms with Gasteiger partial charge < -0.3 is 14.8 Å². The summed E-state index contributed by atoms with van der Waals surface area (Å²) in [6.07, 6.45) is 0. The molecule has 0 bridgehead atoms. The van der Waals surface area contributed by atoms with Gasteiger partial charge in [0.05, 0.1) is 24.9 Å². The van der Waals surface area contributed by atoms with E-state index in [1.54, 1.807) is 19.1 Å². The van der Waals surface area contributed by atoms with E-state index in [0.29, 0.717) is 28.0 Å². The normalized spacial score (nSPS) is 10.2. The van der Waals surface area contributed by atoms with Gasteiger partial charge >= 0.3 is 0 Å². The molecular weight excluding hydrogens is 284 g/mol. The zero-order valence-corrected chi connectivity index (χ0v) is 11.9. The Morgan fingerprint density at radius 1 is 1.30 bits per heavy atom. The average Bonchev–Trinajstić information content (AvgIpc) is 2.87. The van der Waals surface area contributed by atoms with Gasteiger partial charge in [0.2, 0.25) is 5.82 Å². The van der Waals surface area contributed by atoms with E-state index in [1.807, 2.05) is 0 Å². The van der Waals surface area contributed by atoms with Crippen LogP contribution in [0.2, 0.25) is 5.02 Å². The number of aromatic amines is 1. The minimum Gasteiger partial charge on any atom is -0.495 e. The minimum absolute atomic E-state index is 0.0402. The Balaban J connectivity index is 2.30. The van der Waals surface area contributed by atoms with Gasteiger partial charge in [-0.25, -0.2) is 4.98 Å². The summed E-state index contributed by atoms with van der Waals surface area (Å²) in [6, 6.07) is 3.12. The van der Waals surface area contributed by atoms with Gasteiger partial charge in [-0.3, -0.25) is 9.89 Å². The number of carbonyl (C=O) groups excluding carboxylic acids is 1. The molecule has 1 aromatic heterocycles. The number of anilines is 1. The SMILES string of the molecule is COc1cc(NC(=O)c2n[nH]c(C)n2)c(OC)cc1Cl. The first kappa shape index (κ1) is 14.1. The fraction of sp³-hybridized carbons (Fsp3) is 0.250. The van der Waals surface area contributed by atoms with E-state index in [0.717, 1.165) is 0 Å². The number of ether oxygens (including phenoxy) is 2. The maximum atomic E-state index is 12.0. The van der Waals surface area contributed by atoms with Gasteiger partial charge in [0.25, 0.3) is 5.91 Å². The van der Waals surface area contributed by atoms with Crippen molar-refractivity contribution in [2.75, 3.05) is 19.5 Å². The third-order valence-electron chi connectivity index (χ3n) is 2.52. The second kappa shape index (κ2) is 5.79. The standard InChI is InChI=1S/C12H13ClN4O3/c1-6-14-11(17-16-6)12(18)15-8-5-9(19-2)7(13)4-10(8)20-3/h4-5H,1-3H3,(H,15,18)(H,14,16,17). The number of hydrogen-bond acceptors (Lipinski definition) is 5. The highest BCUT2D eigenvalue weighted by atomic mass is 35.5. The summed E-state index contributed by atoms with van der Waals surface area (Å²) in [6.45, 7) is 1.70. The Bertz CT molecular complexity index is 642. The quantitative estimate of drug-likeness (QED) is 0.901. The van der Waals surface area contributed by atoms with Crippen LogP contribution >= 0.6 is 11.6 Å². The first-order valence-corrected chi connectivity index (χ1v) is 6.04. The van der Waals surface area contributed by atoms with E-state index in [1.165, 1.54) is 14.2 Å². The molecule has 0 fully saturated rings. The summed E-state index contributed by atoms with van der Waals surface area (Å²) in [5, 5.41) is 9.41. The Morgan fingerprint density at radius 2 is 2.00 bits per heavy atom. The van der Waals surface area contributed by atoms with Crippen LogP contribution in [0.3, 0.4) is 0 Å². The lowest BCUT2D eigenvalue weighted by Gasteiger charge is -2.12. The van der Waals surface area contributed by atoms with Crippen molar-refractivity contribution in [1.29, 1.82) is 0 Å². The van der Waals surface area contributed by atoms with Gasteiger partial charge in [0.15, 0.2) is 0 Å². The fourth-order valence-corrected chi connectivity index (χ4v) is 1.81. The number of nitrogens with zero attached hydrogens (tertiary/aromatic N) is 2. The average molecular weight is 297 g/mol. The maximum Gasteiger partial charge on any atom is 0.295 e. The molecule has 1 amide bonds. The molecule has 0 aliphatic heterocycles. The summed E-state index contributed by atoms with van der Waals surface area (Å²) in [7, 11) is 2.96. The van der Waals surface area contributed by atoms with Crippen LogP contribution in [0.5, 0.6) is 11.5 Å². The molecule has 2 rings (SSSR count). The molecule has 0 spiro atoms. The van der Waals surface area contributed by atoms with E-state index in [-0.39, 0.29) is 5.82 Å². The highest BCUT2D eigenvalue weighted by Crippen LogP contribution is 2.35. The molecular formula is C12H13ClN4O3. The van der Waals surface area contributed by atoms with Gasteiger partial charge in [-0.1, -0.05) is 11.6 Å². The molecule has 0 saturated heterocycles. The van der Waals surface area contributed by atoms with Crippen molar-refractivity contribution in [1.82, 2.24) is 15.2 Å². The number of carbonyl (C=O) groups is 1. The highest BCUT2D eigenvalue weighted by Gasteiger charge is 2.16. The Morgan fingerprint density at radius 3 is 2.55 bits per heavy atom. The number of methoxy groups -OCH3 is 2. The molecule has 8 heteroatoms. The van der Waals surface area contributed by atoms with Crippen molar-refractivity contribution in [2.24, 2.45) is 0 Å². The van der Waals surface area contributed by atoms with Crippen LogP contribution in [0, 0.1) is 6.92 Å². The lowest BCUT2D eigenvalue weighted by molar-refractivity contribution is 0.101. The topological polar surface area (TPSA) is 89.1 Å². The predicted molar refractivity (Wildman–Crippen MR) is 73.6 cm³/mol. The summed E-state index contributed by atoms with van der Waals surface area (Å²) in [5.74, 6) is 0.969. The number of H-pyrrole nitrogens is 1. The first-order chi connectivity index (χ1) is 9.55. The Hall–Kier alpha value is -2.28. The van der Waals surface area contributed by atoms with Gasteiger partial charge in [-0.05, 0) is 6.92 Å². The first-order valence-electron chi connectivity index (χ1n) is 5.67. The minimum atomic E-state index is -0.461. The van der Waals surface area contributed by atoms with Crippen molar-refractivity contribution in [3.8, 4) is 11.5 Å². The lowest BCUT2D eigenvalue weighted by Crippen LogP contribution is -2.14. The van der Waals surface area contributed by atoms with Crippen molar-refractivity contribution in [2.45, 2.75) is 6.92 Å². The molecule has 2 N–H and O–H groups in total. The van der Waals surface area contributed by atoms with Crippen molar-refractivity contribution >= 4 is 23.2 Å². The Labute approximate surface area is 120 Å². The van der Waals surface area contributed by atoms with E-state index < -0.39 is 5.91 Å². The molecule has 0 aliphatic carbocycles. The van der Waals surface area contributed by atoms with E-state index in [2.05, 4.69) is 20.5 Å². The molecule has 106 valence electrons. The number of rotatable bonds is 4. The zero-order chi connectivity index (χ0) is 14.7. The second-order valence-electron chi connectivity index (χ2n) is 3.89. The maximum absolute atomic E-state index is 12.0. The van der Waals surface area contributed by atoms with Crippen molar-refractivity contribution in [3.63, 3.8) is 0 Å². The molecule has 20 heavy (non-hydrogen) atoms. The molecule has 0 atom stereocenters. The van der Waals surface area contributed by atoms with E-state index in [4.69, 9.17) is 21.1 Å². The molecule has 0 radical (unpaired) electrons. The molecule has 0 saturated carbocycles. The summed E-state index contributed by atoms with van der Waals surface area (Å²) >= 11 is 5.99. The van der Waals surface area contributed by atoms with Crippen LogP contribution in [0.25, 0.3) is 0 Å². The van der Waals surface area contributed by atoms with Crippen LogP contribution in [0.1, 0.15) is 16.4 Å². The number of halogens is 1. The van der Waals surface area contributed by atoms with Crippen molar-refractivity contribution < 1.29 is 14.3 Å². The number of aromatic nitrogens is 3. The van der Waals surface area contributed by atoms with Crippen LogP contribution in [0.4, 0.5) is 5.69 Å². The molecule has 1 heterocycles. The Kier molecular flexibility index (Phi) is 4.09. The third-order valence-corrected chi connectivity index (χ3v) is 2.82. The van der Waals surface area contributed by atoms with Gasteiger partial charge in [0, 0.05) is 12.1 Å². The zero-order valence-electron chi connectivity index (χ0n) is 11.2. The van der Waals surface area contributed by atoms with Gasteiger partial charge in [-0.15, -0.1) is 5.10 Å². The fourth-order valence-electron chi connectivity index (χ4n) is 1.58. The summed E-state index contributed by atoms with van der Waals surface area (Å²) in [5.41, 5.74) is 0.418. The van der Waals surface area contributed by atoms with Crippen LogP contribution < -0.4 is 14.8 Å². The molecule has 7 nitrogen and oxygen atoms in total. The highest BCUT2D eigenvalue weighted by molar-refractivity contribution is 6.32. The van der Waals surface area contributed by atoms with Crippen LogP contribution in [-0.4, -0.2) is 35.3 Å². The molecule has 0 unspecified atom stereocenters. The van der Waals surface area contributed by atoms with Gasteiger partial charge in [0.1, 0.15) is 17.3 Å². The van der Waals surface area contributed by atoms with E-state index >= 15 is 0 Å². The van der Waals surface area contributed by atoms with E-state index in [9.17, 15) is 4.79 Å². The smallest absolute Gasteiger partial charge is 0.295 e. The molecule has 1 aromatic carbocycles. The summed E-state index contributed by atoms with van der Waals surface area (Å²) < 4.78 is 10.3. The number of aryl methyl sites for hydroxylation is 1. The monoisotopic (exact) mass is 296 g/mol. The third kappa shape index (κ3) is 2.83. The summed E-state index contributed by atoms with van der Waals surface area (Å²) in [4.78, 5) is 15.9. The second-order valence-corrected chi connectivity index (χ2v) is 4.29. The van der Waals surface area contributed by atoms with Crippen molar-refractivity contribution in [3.05, 3.63) is 28.8 Å². The number of amides is 1. The lowest BCUT2D eigenvalue weighted by atomic mass is 10.2. The largest absolute Gasteiger partial charge is 0.495 e. The predicted octanol–water partition coefficient (Wildman–Crippen LogP) is 2.04. The molecule has 0 aliphatic rings. The number of hydrogen-bond donors (Lipinski definition) is 2. The van der Waals surface area contributed by atoms with Gasteiger partial charge in [-0.2, -0.15) is 0 Å². The number of nitrogens with one attached hydrogen (secondary N) is 2. The number of benzene rings is 1. The van der Waals surface area contributed by atoms with Crippen LogP contribution in [0.15, 0.2) is 12.1 Å².